The number of H-pyrrole nitrogens is 4. The van der Waals surface area contributed by atoms with Gasteiger partial charge in [-0.1, -0.05) is 127 Å². The van der Waals surface area contributed by atoms with Gasteiger partial charge in [-0.2, -0.15) is 20.4 Å². The summed E-state index contributed by atoms with van der Waals surface area (Å²) in [6.07, 6.45) is 0. The van der Waals surface area contributed by atoms with Crippen LogP contribution in [-0.2, 0) is 0 Å². The summed E-state index contributed by atoms with van der Waals surface area (Å²) in [6.45, 7) is 4.31. The number of nitrogens with zero attached hydrogens (tertiary/aromatic N) is 4. The molecule has 0 amide bonds. The lowest BCUT2D eigenvalue weighted by Crippen LogP contribution is -1.89. The van der Waals surface area contributed by atoms with Crippen molar-refractivity contribution in [3.8, 4) is 101 Å². The molecule has 4 aromatic heterocycles. The first-order chi connectivity index (χ1) is 28.5. The standard InChI is InChI=1S/C50H38N8/c1-31-24-40(48-29-47(55-56-48)38-17-9-15-36(25-38)45-27-43(51-53-45)33-11-5-3-6-12-33)20-21-41(31)35-19-22-42(32(2)23-35)50-30-49(57-58-50)39-18-10-16-37(26-39)46-28-44(52-54-46)34-13-7-4-8-14-34/h3-30H,1-2H3,(H,51,53)(H,52,54)(H,55,56)(H,57,58). The Balaban J connectivity index is 0.848. The minimum Gasteiger partial charge on any atom is -0.277 e. The molecular formula is C50H38N8. The highest BCUT2D eigenvalue weighted by Gasteiger charge is 2.15. The van der Waals surface area contributed by atoms with Gasteiger partial charge in [-0.25, -0.2) is 0 Å². The van der Waals surface area contributed by atoms with Crippen molar-refractivity contribution in [2.24, 2.45) is 0 Å². The van der Waals surface area contributed by atoms with Gasteiger partial charge in [0.05, 0.1) is 45.6 Å². The molecule has 278 valence electrons. The van der Waals surface area contributed by atoms with Crippen LogP contribution in [0.1, 0.15) is 11.1 Å². The van der Waals surface area contributed by atoms with Crippen LogP contribution in [0, 0.1) is 13.8 Å². The summed E-state index contributed by atoms with van der Waals surface area (Å²) in [5, 5.41) is 31.5. The van der Waals surface area contributed by atoms with E-state index in [0.717, 1.165) is 101 Å². The lowest BCUT2D eigenvalue weighted by atomic mass is 9.94. The van der Waals surface area contributed by atoms with E-state index in [9.17, 15) is 0 Å². The molecule has 4 N–H and O–H groups in total. The number of aromatic nitrogens is 8. The average molecular weight is 751 g/mol. The molecule has 0 bridgehead atoms. The minimum absolute atomic E-state index is 0.899. The Hall–Kier alpha value is -7.84. The molecule has 0 spiro atoms. The largest absolute Gasteiger partial charge is 0.277 e. The van der Waals surface area contributed by atoms with Crippen LogP contribution in [0.5, 0.6) is 0 Å². The topological polar surface area (TPSA) is 115 Å². The van der Waals surface area contributed by atoms with Gasteiger partial charge in [0.2, 0.25) is 0 Å². The van der Waals surface area contributed by atoms with Crippen LogP contribution in [0.3, 0.4) is 0 Å². The van der Waals surface area contributed by atoms with Crippen LogP contribution in [0.25, 0.3) is 101 Å². The number of nitrogens with one attached hydrogen (secondary N) is 4. The van der Waals surface area contributed by atoms with E-state index in [4.69, 9.17) is 10.2 Å². The summed E-state index contributed by atoms with van der Waals surface area (Å²) >= 11 is 0. The third kappa shape index (κ3) is 6.73. The fourth-order valence-electron chi connectivity index (χ4n) is 7.65. The van der Waals surface area contributed by atoms with Crippen molar-refractivity contribution in [2.75, 3.05) is 0 Å². The average Bonchev–Trinajstić information content (AvgIpc) is 4.12. The fourth-order valence-corrected chi connectivity index (χ4v) is 7.65. The molecule has 8 nitrogen and oxygen atoms in total. The first-order valence-corrected chi connectivity index (χ1v) is 19.3. The lowest BCUT2D eigenvalue weighted by Gasteiger charge is -2.11. The Morgan fingerprint density at radius 3 is 1.10 bits per heavy atom. The molecule has 0 aliphatic heterocycles. The molecule has 0 aliphatic rings. The van der Waals surface area contributed by atoms with E-state index < -0.39 is 0 Å². The van der Waals surface area contributed by atoms with Crippen LogP contribution in [0.15, 0.2) is 170 Å². The summed E-state index contributed by atoms with van der Waals surface area (Å²) in [5.41, 5.74) is 20.7. The second-order valence-electron chi connectivity index (χ2n) is 14.6. The van der Waals surface area contributed by atoms with Crippen LogP contribution >= 0.6 is 0 Å². The Labute approximate surface area is 335 Å². The van der Waals surface area contributed by atoms with E-state index in [1.807, 2.05) is 36.4 Å². The van der Waals surface area contributed by atoms with Crippen LogP contribution < -0.4 is 0 Å². The summed E-state index contributed by atoms with van der Waals surface area (Å²) in [6, 6.07) is 58.8. The fraction of sp³-hybridized carbons (Fsp3) is 0.0400. The van der Waals surface area contributed by atoms with Crippen LogP contribution in [0.2, 0.25) is 0 Å². The molecule has 6 aromatic carbocycles. The smallest absolute Gasteiger partial charge is 0.0929 e. The first kappa shape index (κ1) is 34.6. The second-order valence-corrected chi connectivity index (χ2v) is 14.6. The Morgan fingerprint density at radius 2 is 0.638 bits per heavy atom. The van der Waals surface area contributed by atoms with Crippen molar-refractivity contribution >= 4 is 0 Å². The molecule has 0 unspecified atom stereocenters. The third-order valence-corrected chi connectivity index (χ3v) is 10.8. The molecule has 0 aliphatic carbocycles. The highest BCUT2D eigenvalue weighted by molar-refractivity contribution is 5.80. The number of aromatic amines is 4. The van der Waals surface area contributed by atoms with Crippen molar-refractivity contribution in [1.29, 1.82) is 0 Å². The quantitative estimate of drug-likeness (QED) is 0.118. The van der Waals surface area contributed by atoms with Gasteiger partial charge in [0.1, 0.15) is 0 Å². The number of benzene rings is 6. The first-order valence-electron chi connectivity index (χ1n) is 19.3. The highest BCUT2D eigenvalue weighted by atomic mass is 15.1. The SMILES string of the molecule is Cc1cc(-c2cc(-c3cccc(-c4cc(-c5ccccc5)n[nH]4)c3)[nH]n2)ccc1-c1ccc(-c2cc(-c3cccc(-c4cc(-c5ccccc5)n[nH]4)c3)[nH]n2)c(C)c1. The van der Waals surface area contributed by atoms with Crippen molar-refractivity contribution in [2.45, 2.75) is 13.8 Å². The second kappa shape index (κ2) is 14.7. The van der Waals surface area contributed by atoms with Gasteiger partial charge >= 0.3 is 0 Å². The monoisotopic (exact) mass is 750 g/mol. The predicted molar refractivity (Wildman–Crippen MR) is 233 cm³/mol. The van der Waals surface area contributed by atoms with Crippen LogP contribution in [0.4, 0.5) is 0 Å². The zero-order valence-corrected chi connectivity index (χ0v) is 32.0. The maximum atomic E-state index is 4.73. The summed E-state index contributed by atoms with van der Waals surface area (Å²) in [7, 11) is 0. The maximum Gasteiger partial charge on any atom is 0.0929 e. The summed E-state index contributed by atoms with van der Waals surface area (Å²) < 4.78 is 0. The predicted octanol–water partition coefficient (Wildman–Crippen LogP) is 12.2. The van der Waals surface area contributed by atoms with E-state index >= 15 is 0 Å². The number of hydrogen-bond acceptors (Lipinski definition) is 4. The molecule has 4 heterocycles. The summed E-state index contributed by atoms with van der Waals surface area (Å²) in [5.74, 6) is 0. The van der Waals surface area contributed by atoms with Gasteiger partial charge in [0.15, 0.2) is 0 Å². The molecule has 8 heteroatoms. The Bertz CT molecular complexity index is 3040. The summed E-state index contributed by atoms with van der Waals surface area (Å²) in [4.78, 5) is 0. The minimum atomic E-state index is 0.899. The zero-order valence-electron chi connectivity index (χ0n) is 32.0. The van der Waals surface area contributed by atoms with Gasteiger partial charge < -0.3 is 0 Å². The molecule has 0 saturated heterocycles. The van der Waals surface area contributed by atoms with Gasteiger partial charge in [-0.3, -0.25) is 20.4 Å². The molecule has 0 atom stereocenters. The molecule has 58 heavy (non-hydrogen) atoms. The van der Waals surface area contributed by atoms with E-state index in [1.165, 1.54) is 11.1 Å². The van der Waals surface area contributed by atoms with Crippen molar-refractivity contribution < 1.29 is 0 Å². The van der Waals surface area contributed by atoms with Gasteiger partial charge in [-0.05, 0) is 78.6 Å². The zero-order chi connectivity index (χ0) is 39.0. The molecule has 0 radical (unpaired) electrons. The number of rotatable bonds is 9. The number of aryl methyl sites for hydroxylation is 2. The van der Waals surface area contributed by atoms with E-state index in [-0.39, 0.29) is 0 Å². The molecular weight excluding hydrogens is 713 g/mol. The molecule has 0 fully saturated rings. The Kier molecular flexibility index (Phi) is 8.76. The normalized spacial score (nSPS) is 11.3. The van der Waals surface area contributed by atoms with E-state index in [0.29, 0.717) is 0 Å². The Morgan fingerprint density at radius 1 is 0.276 bits per heavy atom. The van der Waals surface area contributed by atoms with Crippen molar-refractivity contribution in [1.82, 2.24) is 40.8 Å². The van der Waals surface area contributed by atoms with Crippen molar-refractivity contribution in [3.63, 3.8) is 0 Å². The number of hydrogen-bond donors (Lipinski definition) is 4. The maximum absolute atomic E-state index is 4.73. The van der Waals surface area contributed by atoms with E-state index in [2.05, 4.69) is 178 Å². The molecule has 0 saturated carbocycles. The van der Waals surface area contributed by atoms with Gasteiger partial charge in [0.25, 0.3) is 0 Å². The highest BCUT2D eigenvalue weighted by Crippen LogP contribution is 2.35. The van der Waals surface area contributed by atoms with Crippen LogP contribution in [-0.4, -0.2) is 40.8 Å². The van der Waals surface area contributed by atoms with E-state index in [1.54, 1.807) is 0 Å². The third-order valence-electron chi connectivity index (χ3n) is 10.8. The molecule has 10 aromatic rings. The molecule has 10 rings (SSSR count). The van der Waals surface area contributed by atoms with Gasteiger partial charge in [-0.15, -0.1) is 0 Å². The lowest BCUT2D eigenvalue weighted by molar-refractivity contribution is 1.09. The van der Waals surface area contributed by atoms with Gasteiger partial charge in [0, 0.05) is 44.5 Å². The van der Waals surface area contributed by atoms with Crippen molar-refractivity contribution in [3.05, 3.63) is 181 Å².